The summed E-state index contributed by atoms with van der Waals surface area (Å²) in [7, 11) is 0. The molecule has 3 heteroatoms. The average molecular weight is 274 g/mol. The Hall–Kier alpha value is -1.22. The molecule has 2 heterocycles. The van der Waals surface area contributed by atoms with Crippen molar-refractivity contribution in [2.45, 2.75) is 38.6 Å². The van der Waals surface area contributed by atoms with Gasteiger partial charge in [0.1, 0.15) is 5.75 Å². The van der Waals surface area contributed by atoms with Crippen LogP contribution in [0.1, 0.15) is 32.6 Å². The van der Waals surface area contributed by atoms with Crippen molar-refractivity contribution in [1.29, 1.82) is 0 Å². The normalized spacial score (nSPS) is 23.4. The van der Waals surface area contributed by atoms with E-state index >= 15 is 0 Å². The van der Waals surface area contributed by atoms with Gasteiger partial charge in [-0.25, -0.2) is 0 Å². The number of nitrogens with zero attached hydrogens (tertiary/aromatic N) is 2. The molecule has 1 aromatic carbocycles. The van der Waals surface area contributed by atoms with Crippen molar-refractivity contribution in [1.82, 2.24) is 4.90 Å². The molecule has 1 aromatic rings. The zero-order valence-electron chi connectivity index (χ0n) is 12.6. The third-order valence-electron chi connectivity index (χ3n) is 4.48. The number of anilines is 1. The fourth-order valence-corrected chi connectivity index (χ4v) is 3.41. The lowest BCUT2D eigenvalue weighted by Gasteiger charge is -2.27. The first-order valence-corrected chi connectivity index (χ1v) is 8.08. The second-order valence-electron chi connectivity index (χ2n) is 5.97. The highest BCUT2D eigenvalue weighted by Crippen LogP contribution is 2.26. The molecule has 110 valence electrons. The van der Waals surface area contributed by atoms with E-state index in [-0.39, 0.29) is 0 Å². The number of benzene rings is 1. The van der Waals surface area contributed by atoms with Gasteiger partial charge in [0, 0.05) is 31.4 Å². The number of rotatable bonds is 4. The molecule has 2 saturated heterocycles. The van der Waals surface area contributed by atoms with E-state index in [2.05, 4.69) is 41.0 Å². The molecular weight excluding hydrogens is 248 g/mol. The fourth-order valence-electron chi connectivity index (χ4n) is 3.41. The Balaban J connectivity index is 1.65. The third kappa shape index (κ3) is 3.09. The maximum absolute atomic E-state index is 5.66. The first-order chi connectivity index (χ1) is 9.86. The highest BCUT2D eigenvalue weighted by Gasteiger charge is 2.28. The predicted molar refractivity (Wildman–Crippen MR) is 83.7 cm³/mol. The second kappa shape index (κ2) is 6.49. The molecule has 0 saturated carbocycles. The maximum atomic E-state index is 5.66. The molecule has 1 unspecified atom stereocenters. The molecule has 0 amide bonds. The van der Waals surface area contributed by atoms with Crippen molar-refractivity contribution in [2.24, 2.45) is 0 Å². The third-order valence-corrected chi connectivity index (χ3v) is 4.48. The number of hydrogen-bond donors (Lipinski definition) is 0. The number of ether oxygens (including phenoxy) is 1. The molecule has 0 radical (unpaired) electrons. The Morgan fingerprint density at radius 3 is 2.70 bits per heavy atom. The predicted octanol–water partition coefficient (Wildman–Crippen LogP) is 3.15. The maximum Gasteiger partial charge on any atom is 0.119 e. The first kappa shape index (κ1) is 13.7. The van der Waals surface area contributed by atoms with E-state index in [1.807, 2.05) is 0 Å². The zero-order chi connectivity index (χ0) is 13.8. The van der Waals surface area contributed by atoms with Crippen LogP contribution in [0.2, 0.25) is 0 Å². The van der Waals surface area contributed by atoms with Crippen LogP contribution in [0.15, 0.2) is 24.3 Å². The van der Waals surface area contributed by atoms with E-state index in [1.54, 1.807) is 0 Å². The Morgan fingerprint density at radius 1 is 1.10 bits per heavy atom. The highest BCUT2D eigenvalue weighted by atomic mass is 16.5. The topological polar surface area (TPSA) is 15.7 Å². The molecule has 20 heavy (non-hydrogen) atoms. The largest absolute Gasteiger partial charge is 0.494 e. The molecule has 0 bridgehead atoms. The van der Waals surface area contributed by atoms with Gasteiger partial charge in [-0.05, 0) is 56.5 Å². The lowest BCUT2D eigenvalue weighted by molar-refractivity contribution is 0.273. The van der Waals surface area contributed by atoms with E-state index in [0.29, 0.717) is 0 Å². The molecule has 0 spiro atoms. The molecular formula is C17H26N2O. The lowest BCUT2D eigenvalue weighted by Crippen LogP contribution is -2.36. The molecule has 0 N–H and O–H groups in total. The molecule has 3 rings (SSSR count). The van der Waals surface area contributed by atoms with Crippen LogP contribution in [0.5, 0.6) is 5.75 Å². The van der Waals surface area contributed by atoms with Gasteiger partial charge in [0.25, 0.3) is 0 Å². The monoisotopic (exact) mass is 274 g/mol. The summed E-state index contributed by atoms with van der Waals surface area (Å²) in [5.74, 6) is 0.993. The van der Waals surface area contributed by atoms with Crippen molar-refractivity contribution in [3.05, 3.63) is 24.3 Å². The first-order valence-electron chi connectivity index (χ1n) is 8.08. The van der Waals surface area contributed by atoms with E-state index in [1.165, 1.54) is 51.1 Å². The van der Waals surface area contributed by atoms with Gasteiger partial charge < -0.3 is 9.64 Å². The summed E-state index contributed by atoms with van der Waals surface area (Å²) in [6.07, 6.45) is 5.09. The number of hydrogen-bond acceptors (Lipinski definition) is 3. The van der Waals surface area contributed by atoms with Crippen molar-refractivity contribution >= 4 is 5.69 Å². The van der Waals surface area contributed by atoms with E-state index in [9.17, 15) is 0 Å². The summed E-state index contributed by atoms with van der Waals surface area (Å²) < 4.78 is 5.66. The minimum absolute atomic E-state index is 0.772. The summed E-state index contributed by atoms with van der Waals surface area (Å²) in [6, 6.07) is 9.43. The van der Waals surface area contributed by atoms with Gasteiger partial charge in [-0.2, -0.15) is 0 Å². The van der Waals surface area contributed by atoms with Crippen molar-refractivity contribution < 1.29 is 4.74 Å². The highest BCUT2D eigenvalue weighted by molar-refractivity contribution is 5.49. The van der Waals surface area contributed by atoms with E-state index < -0.39 is 0 Å². The van der Waals surface area contributed by atoms with E-state index in [4.69, 9.17) is 4.74 Å². The molecule has 2 aliphatic heterocycles. The minimum Gasteiger partial charge on any atom is -0.494 e. The molecule has 2 fully saturated rings. The van der Waals surface area contributed by atoms with Crippen LogP contribution in [0, 0.1) is 0 Å². The summed E-state index contributed by atoms with van der Waals surface area (Å²) in [5.41, 5.74) is 1.35. The van der Waals surface area contributed by atoms with Gasteiger partial charge in [0.2, 0.25) is 0 Å². The van der Waals surface area contributed by atoms with Gasteiger partial charge in [-0.1, -0.05) is 6.92 Å². The smallest absolute Gasteiger partial charge is 0.119 e. The second-order valence-corrected chi connectivity index (χ2v) is 5.97. The lowest BCUT2D eigenvalue weighted by atomic mass is 10.2. The summed E-state index contributed by atoms with van der Waals surface area (Å²) in [5, 5.41) is 0. The standard InChI is InChI=1S/C17H26N2O/c1-2-13-20-17-8-6-15(7-9-17)19-12-4-11-18-10-3-5-16(18)14-19/h6-9,16H,2-5,10-14H2,1H3. The number of fused-ring (bicyclic) bond motifs is 1. The molecule has 3 nitrogen and oxygen atoms in total. The van der Waals surface area contributed by atoms with Crippen molar-refractivity contribution in [3.63, 3.8) is 0 Å². The average Bonchev–Trinajstić information content (AvgIpc) is 2.83. The summed E-state index contributed by atoms with van der Waals surface area (Å²) in [4.78, 5) is 5.23. The molecule has 2 aliphatic rings. The van der Waals surface area contributed by atoms with Gasteiger partial charge in [-0.15, -0.1) is 0 Å². The van der Waals surface area contributed by atoms with Crippen LogP contribution >= 0.6 is 0 Å². The van der Waals surface area contributed by atoms with Crippen molar-refractivity contribution in [3.8, 4) is 5.75 Å². The van der Waals surface area contributed by atoms with Crippen LogP contribution in [0.3, 0.4) is 0 Å². The van der Waals surface area contributed by atoms with Crippen LogP contribution in [0.4, 0.5) is 5.69 Å². The Kier molecular flexibility index (Phi) is 4.46. The van der Waals surface area contributed by atoms with Crippen LogP contribution in [-0.2, 0) is 0 Å². The molecule has 0 aromatic heterocycles. The molecule has 0 aliphatic carbocycles. The fraction of sp³-hybridized carbons (Fsp3) is 0.647. The van der Waals surface area contributed by atoms with E-state index in [0.717, 1.165) is 24.8 Å². The van der Waals surface area contributed by atoms with Gasteiger partial charge in [-0.3, -0.25) is 4.90 Å². The zero-order valence-corrected chi connectivity index (χ0v) is 12.6. The summed E-state index contributed by atoms with van der Waals surface area (Å²) in [6.45, 7) is 7.90. The van der Waals surface area contributed by atoms with Gasteiger partial charge >= 0.3 is 0 Å². The Labute approximate surface area is 122 Å². The SMILES string of the molecule is CCCOc1ccc(N2CCCN3CCCC3C2)cc1. The summed E-state index contributed by atoms with van der Waals surface area (Å²) >= 11 is 0. The Morgan fingerprint density at radius 2 is 1.90 bits per heavy atom. The van der Waals surface area contributed by atoms with Crippen molar-refractivity contribution in [2.75, 3.05) is 37.7 Å². The van der Waals surface area contributed by atoms with Crippen LogP contribution in [0.25, 0.3) is 0 Å². The van der Waals surface area contributed by atoms with Crippen LogP contribution in [-0.4, -0.2) is 43.7 Å². The van der Waals surface area contributed by atoms with Crippen LogP contribution < -0.4 is 9.64 Å². The molecule has 1 atom stereocenters. The van der Waals surface area contributed by atoms with Gasteiger partial charge in [0.15, 0.2) is 0 Å². The Bertz CT molecular complexity index is 418. The minimum atomic E-state index is 0.772. The quantitative estimate of drug-likeness (QED) is 0.839. The van der Waals surface area contributed by atoms with Gasteiger partial charge in [0.05, 0.1) is 6.61 Å².